The van der Waals surface area contributed by atoms with Gasteiger partial charge in [0.05, 0.1) is 29.4 Å². The lowest BCUT2D eigenvalue weighted by Gasteiger charge is -2.03. The van der Waals surface area contributed by atoms with Gasteiger partial charge in [0.1, 0.15) is 10.5 Å². The summed E-state index contributed by atoms with van der Waals surface area (Å²) in [5.74, 6) is 0. The van der Waals surface area contributed by atoms with Gasteiger partial charge in [-0.1, -0.05) is 12.1 Å². The van der Waals surface area contributed by atoms with E-state index < -0.39 is 0 Å². The van der Waals surface area contributed by atoms with E-state index in [-0.39, 0.29) is 5.49 Å². The molecule has 0 bridgehead atoms. The number of hydrogen-bond acceptors (Lipinski definition) is 5. The molecule has 3 aromatic heterocycles. The summed E-state index contributed by atoms with van der Waals surface area (Å²) in [6.45, 7) is 0.605. The highest BCUT2D eigenvalue weighted by atomic mass is 32.1. The van der Waals surface area contributed by atoms with Crippen molar-refractivity contribution in [3.63, 3.8) is 0 Å². The first kappa shape index (κ1) is 11.3. The molecule has 0 saturated carbocycles. The Kier molecular flexibility index (Phi) is 2.40. The molecule has 0 aliphatic rings. The fourth-order valence-electron chi connectivity index (χ4n) is 2.17. The fraction of sp³-hybridized carbons (Fsp3) is 0.0769. The molecule has 0 aliphatic heterocycles. The lowest BCUT2D eigenvalue weighted by Crippen LogP contribution is -2.13. The van der Waals surface area contributed by atoms with Crippen molar-refractivity contribution in [1.82, 2.24) is 24.5 Å². The molecule has 0 radical (unpaired) electrons. The number of para-hydroxylation sites is 1. The molecule has 3 heterocycles. The molecule has 4 rings (SSSR count). The van der Waals surface area contributed by atoms with E-state index >= 15 is 0 Å². The molecule has 0 fully saturated rings. The maximum atomic E-state index is 7.74. The van der Waals surface area contributed by atoms with Crippen LogP contribution < -0.4 is 5.49 Å². The maximum absolute atomic E-state index is 7.74. The zero-order valence-corrected chi connectivity index (χ0v) is 11.2. The summed E-state index contributed by atoms with van der Waals surface area (Å²) < 4.78 is 3.08. The van der Waals surface area contributed by atoms with Crippen molar-refractivity contribution < 1.29 is 0 Å². The van der Waals surface area contributed by atoms with Crippen molar-refractivity contribution in [3.8, 4) is 0 Å². The summed E-state index contributed by atoms with van der Waals surface area (Å²) in [6, 6.07) is 8.08. The SMILES string of the molecule is N=c1ncn(Cc2nc3ccccc3s2)c2nc[nH]c12. The summed E-state index contributed by atoms with van der Waals surface area (Å²) in [7, 11) is 0. The van der Waals surface area contributed by atoms with E-state index in [0.29, 0.717) is 12.1 Å². The first-order valence-electron chi connectivity index (χ1n) is 6.09. The number of thiazole rings is 1. The summed E-state index contributed by atoms with van der Waals surface area (Å²) in [5.41, 5.74) is 2.59. The summed E-state index contributed by atoms with van der Waals surface area (Å²) in [6.07, 6.45) is 3.22. The number of H-pyrrole nitrogens is 1. The highest BCUT2D eigenvalue weighted by Gasteiger charge is 2.08. The van der Waals surface area contributed by atoms with Crippen LogP contribution in [0.2, 0.25) is 0 Å². The Balaban J connectivity index is 1.82. The van der Waals surface area contributed by atoms with Gasteiger partial charge in [0.15, 0.2) is 11.1 Å². The fourth-order valence-corrected chi connectivity index (χ4v) is 3.14. The highest BCUT2D eigenvalue weighted by Crippen LogP contribution is 2.22. The van der Waals surface area contributed by atoms with Gasteiger partial charge in [0.2, 0.25) is 0 Å². The van der Waals surface area contributed by atoms with Crippen LogP contribution >= 0.6 is 11.3 Å². The Morgan fingerprint density at radius 1 is 1.25 bits per heavy atom. The van der Waals surface area contributed by atoms with E-state index in [1.807, 2.05) is 22.8 Å². The third-order valence-electron chi connectivity index (χ3n) is 3.10. The number of aromatic nitrogens is 5. The quantitative estimate of drug-likeness (QED) is 0.589. The van der Waals surface area contributed by atoms with E-state index in [1.54, 1.807) is 24.0 Å². The average molecular weight is 282 g/mol. The van der Waals surface area contributed by atoms with Gasteiger partial charge in [-0.15, -0.1) is 11.3 Å². The van der Waals surface area contributed by atoms with Gasteiger partial charge >= 0.3 is 0 Å². The van der Waals surface area contributed by atoms with E-state index in [0.717, 1.165) is 16.2 Å². The van der Waals surface area contributed by atoms with Crippen molar-refractivity contribution in [2.24, 2.45) is 0 Å². The van der Waals surface area contributed by atoms with E-state index in [9.17, 15) is 0 Å². The molecule has 20 heavy (non-hydrogen) atoms. The van der Waals surface area contributed by atoms with Gasteiger partial charge in [-0.05, 0) is 12.1 Å². The number of fused-ring (bicyclic) bond motifs is 2. The second-order valence-electron chi connectivity index (χ2n) is 4.40. The Labute approximate surface area is 117 Å². The van der Waals surface area contributed by atoms with Crippen LogP contribution in [0.25, 0.3) is 21.4 Å². The molecule has 4 aromatic rings. The normalized spacial score (nSPS) is 11.4. The number of imidazole rings is 1. The maximum Gasteiger partial charge on any atom is 0.173 e. The first-order valence-corrected chi connectivity index (χ1v) is 6.90. The molecule has 2 N–H and O–H groups in total. The van der Waals surface area contributed by atoms with Crippen LogP contribution in [-0.4, -0.2) is 24.5 Å². The molecular weight excluding hydrogens is 272 g/mol. The molecule has 0 unspecified atom stereocenters. The highest BCUT2D eigenvalue weighted by molar-refractivity contribution is 7.18. The van der Waals surface area contributed by atoms with Crippen molar-refractivity contribution in [3.05, 3.63) is 47.4 Å². The third-order valence-corrected chi connectivity index (χ3v) is 4.12. The van der Waals surface area contributed by atoms with Crippen LogP contribution in [0.3, 0.4) is 0 Å². The van der Waals surface area contributed by atoms with Crippen molar-refractivity contribution in [2.45, 2.75) is 6.54 Å². The minimum atomic E-state index is 0.207. The standard InChI is InChI=1S/C13H10N6S/c14-12-11-13(16-6-15-11)19(7-17-12)5-10-18-8-3-1-2-4-9(8)20-10/h1-4,6-7,14H,5H2,(H,15,16). The van der Waals surface area contributed by atoms with Crippen LogP contribution in [0, 0.1) is 5.41 Å². The topological polar surface area (TPSA) is 83.2 Å². The second kappa shape index (κ2) is 4.24. The van der Waals surface area contributed by atoms with Gasteiger partial charge in [-0.2, -0.15) is 0 Å². The van der Waals surface area contributed by atoms with Gasteiger partial charge < -0.3 is 9.55 Å². The number of rotatable bonds is 2. The van der Waals surface area contributed by atoms with E-state index in [2.05, 4.69) is 26.0 Å². The first-order chi connectivity index (χ1) is 9.81. The molecule has 98 valence electrons. The number of aromatic amines is 1. The van der Waals surface area contributed by atoms with Crippen molar-refractivity contribution in [2.75, 3.05) is 0 Å². The molecule has 0 aliphatic carbocycles. The smallest absolute Gasteiger partial charge is 0.173 e. The zero-order valence-electron chi connectivity index (χ0n) is 10.4. The number of nitrogens with zero attached hydrogens (tertiary/aromatic N) is 4. The van der Waals surface area contributed by atoms with Crippen LogP contribution in [0.5, 0.6) is 0 Å². The van der Waals surface area contributed by atoms with Crippen molar-refractivity contribution in [1.29, 1.82) is 5.41 Å². The predicted molar refractivity (Wildman–Crippen MR) is 76.5 cm³/mol. The second-order valence-corrected chi connectivity index (χ2v) is 5.51. The molecule has 6 nitrogen and oxygen atoms in total. The van der Waals surface area contributed by atoms with Gasteiger partial charge in [0, 0.05) is 0 Å². The Hall–Kier alpha value is -2.54. The minimum Gasteiger partial charge on any atom is -0.340 e. The zero-order chi connectivity index (χ0) is 13.5. The molecule has 1 aromatic carbocycles. The third kappa shape index (κ3) is 1.71. The average Bonchev–Trinajstić information content (AvgIpc) is 3.08. The molecule has 7 heteroatoms. The Morgan fingerprint density at radius 3 is 3.05 bits per heavy atom. The molecule has 0 saturated heterocycles. The van der Waals surface area contributed by atoms with Gasteiger partial charge in [-0.25, -0.2) is 15.0 Å². The monoisotopic (exact) mass is 282 g/mol. The summed E-state index contributed by atoms with van der Waals surface area (Å²) >= 11 is 1.66. The number of benzene rings is 1. The lowest BCUT2D eigenvalue weighted by molar-refractivity contribution is 0.779. The van der Waals surface area contributed by atoms with Crippen LogP contribution in [0.4, 0.5) is 0 Å². The van der Waals surface area contributed by atoms with Crippen LogP contribution in [-0.2, 0) is 6.54 Å². The summed E-state index contributed by atoms with van der Waals surface area (Å²) in [4.78, 5) is 15.9. The van der Waals surface area contributed by atoms with Crippen molar-refractivity contribution >= 4 is 32.7 Å². The molecule has 0 atom stereocenters. The molecule has 0 amide bonds. The number of hydrogen-bond donors (Lipinski definition) is 2. The molecular formula is C13H10N6S. The predicted octanol–water partition coefficient (Wildman–Crippen LogP) is 1.90. The van der Waals surface area contributed by atoms with E-state index in [4.69, 9.17) is 5.41 Å². The van der Waals surface area contributed by atoms with Crippen LogP contribution in [0.15, 0.2) is 36.9 Å². The Bertz CT molecular complexity index is 930. The molecule has 0 spiro atoms. The van der Waals surface area contributed by atoms with E-state index in [1.165, 1.54) is 4.70 Å². The minimum absolute atomic E-state index is 0.207. The Morgan fingerprint density at radius 2 is 2.15 bits per heavy atom. The lowest BCUT2D eigenvalue weighted by atomic mass is 10.3. The summed E-state index contributed by atoms with van der Waals surface area (Å²) in [5, 5.41) is 8.74. The number of nitrogens with one attached hydrogen (secondary N) is 2. The van der Waals surface area contributed by atoms with Crippen LogP contribution in [0.1, 0.15) is 5.01 Å². The van der Waals surface area contributed by atoms with Gasteiger partial charge in [-0.3, -0.25) is 5.41 Å². The largest absolute Gasteiger partial charge is 0.340 e. The van der Waals surface area contributed by atoms with Gasteiger partial charge in [0.25, 0.3) is 0 Å².